The Morgan fingerprint density at radius 3 is 2.47 bits per heavy atom. The Labute approximate surface area is 192 Å². The van der Waals surface area contributed by atoms with E-state index in [0.717, 1.165) is 4.90 Å². The molecule has 0 aliphatic carbocycles. The van der Waals surface area contributed by atoms with Crippen molar-refractivity contribution in [1.29, 1.82) is 0 Å². The molecule has 0 saturated carbocycles. The summed E-state index contributed by atoms with van der Waals surface area (Å²) in [5.74, 6) is -1.33. The summed E-state index contributed by atoms with van der Waals surface area (Å²) in [7, 11) is 2.86. The van der Waals surface area contributed by atoms with Gasteiger partial charge in [-0.15, -0.1) is 0 Å². The Morgan fingerprint density at radius 1 is 1.12 bits per heavy atom. The standard InChI is InChI=1S/C23H19N3O8/c1-12-9-18(24-34-12)25-20(13-5-4-6-15(10-13)26(30)31)19(22(28)23(25)29)21(27)14-7-8-16(32-2)17(11-14)33-3/h4-11,20,27H,1-3H3/t20-/m0/s1. The van der Waals surface area contributed by atoms with Gasteiger partial charge in [-0.1, -0.05) is 17.3 Å². The van der Waals surface area contributed by atoms with Crippen molar-refractivity contribution in [2.24, 2.45) is 0 Å². The van der Waals surface area contributed by atoms with Crippen molar-refractivity contribution in [3.63, 3.8) is 0 Å². The number of rotatable bonds is 6. The van der Waals surface area contributed by atoms with E-state index in [0.29, 0.717) is 17.3 Å². The van der Waals surface area contributed by atoms with E-state index in [4.69, 9.17) is 14.0 Å². The van der Waals surface area contributed by atoms with Gasteiger partial charge in [0, 0.05) is 23.8 Å². The number of nitro groups is 1. The minimum atomic E-state index is -1.20. The fraction of sp³-hybridized carbons (Fsp3) is 0.174. The lowest BCUT2D eigenvalue weighted by Crippen LogP contribution is -2.29. The molecule has 0 bridgehead atoms. The van der Waals surface area contributed by atoms with E-state index in [1.54, 1.807) is 6.92 Å². The average molecular weight is 465 g/mol. The Bertz CT molecular complexity index is 1340. The highest BCUT2D eigenvalue weighted by Gasteiger charge is 2.48. The number of nitro benzene ring substituents is 1. The Hall–Kier alpha value is -4.67. The fourth-order valence-electron chi connectivity index (χ4n) is 3.80. The number of hydrogen-bond acceptors (Lipinski definition) is 9. The molecule has 1 atom stereocenters. The highest BCUT2D eigenvalue weighted by Crippen LogP contribution is 2.43. The van der Waals surface area contributed by atoms with Gasteiger partial charge in [0.15, 0.2) is 17.3 Å². The molecule has 1 aliphatic heterocycles. The Balaban J connectivity index is 1.96. The van der Waals surface area contributed by atoms with Crippen molar-refractivity contribution < 1.29 is 33.6 Å². The van der Waals surface area contributed by atoms with Crippen LogP contribution in [-0.2, 0) is 9.59 Å². The van der Waals surface area contributed by atoms with Crippen molar-refractivity contribution >= 4 is 29.0 Å². The summed E-state index contributed by atoms with van der Waals surface area (Å²) in [6.07, 6.45) is 0. The Morgan fingerprint density at radius 2 is 1.85 bits per heavy atom. The van der Waals surface area contributed by atoms with Gasteiger partial charge >= 0.3 is 5.91 Å². The number of non-ortho nitro benzene ring substituents is 1. The number of carbonyl (C=O) groups excluding carboxylic acids is 2. The quantitative estimate of drug-likeness (QED) is 0.190. The van der Waals surface area contributed by atoms with Crippen LogP contribution in [0.2, 0.25) is 0 Å². The maximum atomic E-state index is 13.1. The molecule has 1 aliphatic rings. The zero-order chi connectivity index (χ0) is 24.6. The first-order valence-electron chi connectivity index (χ1n) is 9.98. The molecule has 0 spiro atoms. The number of nitrogens with zero attached hydrogens (tertiary/aromatic N) is 3. The first-order valence-corrected chi connectivity index (χ1v) is 9.98. The molecule has 0 unspecified atom stereocenters. The van der Waals surface area contributed by atoms with Crippen LogP contribution < -0.4 is 14.4 Å². The number of ketones is 1. The van der Waals surface area contributed by atoms with Gasteiger partial charge in [0.2, 0.25) is 0 Å². The number of anilines is 1. The molecular formula is C23H19N3O8. The lowest BCUT2D eigenvalue weighted by molar-refractivity contribution is -0.384. The molecule has 2 heterocycles. The number of Topliss-reactive ketones (excluding diaryl/α,β-unsaturated/α-hetero) is 1. The molecule has 174 valence electrons. The maximum absolute atomic E-state index is 13.1. The number of aliphatic hydroxyl groups excluding tert-OH is 1. The number of aryl methyl sites for hydroxylation is 1. The minimum absolute atomic E-state index is 0.0301. The second-order valence-corrected chi connectivity index (χ2v) is 7.39. The van der Waals surface area contributed by atoms with Gasteiger partial charge in [-0.05, 0) is 30.7 Å². The molecule has 34 heavy (non-hydrogen) atoms. The smallest absolute Gasteiger partial charge is 0.301 e. The van der Waals surface area contributed by atoms with E-state index in [-0.39, 0.29) is 28.2 Å². The molecule has 3 aromatic rings. The first-order chi connectivity index (χ1) is 16.3. The third-order valence-electron chi connectivity index (χ3n) is 5.36. The van der Waals surface area contributed by atoms with Crippen molar-refractivity contribution in [2.45, 2.75) is 13.0 Å². The molecular weight excluding hydrogens is 446 g/mol. The van der Waals surface area contributed by atoms with Crippen molar-refractivity contribution in [3.05, 3.63) is 81.1 Å². The van der Waals surface area contributed by atoms with Crippen LogP contribution in [0.3, 0.4) is 0 Å². The third kappa shape index (κ3) is 3.72. The summed E-state index contributed by atoms with van der Waals surface area (Å²) < 4.78 is 15.5. The number of ether oxygens (including phenoxy) is 2. The summed E-state index contributed by atoms with van der Waals surface area (Å²) in [6.45, 7) is 1.61. The van der Waals surface area contributed by atoms with E-state index in [9.17, 15) is 24.8 Å². The highest BCUT2D eigenvalue weighted by atomic mass is 16.6. The number of carbonyl (C=O) groups is 2. The number of amides is 1. The summed E-state index contributed by atoms with van der Waals surface area (Å²) in [5, 5.41) is 26.4. The molecule has 4 rings (SSSR count). The summed E-state index contributed by atoms with van der Waals surface area (Å²) in [6, 6.07) is 10.2. The first kappa shape index (κ1) is 22.5. The fourth-order valence-corrected chi connectivity index (χ4v) is 3.80. The zero-order valence-electron chi connectivity index (χ0n) is 18.3. The van der Waals surface area contributed by atoms with Gasteiger partial charge in [0.25, 0.3) is 11.5 Å². The lowest BCUT2D eigenvalue weighted by atomic mass is 9.95. The second kappa shape index (κ2) is 8.70. The van der Waals surface area contributed by atoms with Gasteiger partial charge in [-0.3, -0.25) is 24.6 Å². The predicted molar refractivity (Wildman–Crippen MR) is 119 cm³/mol. The van der Waals surface area contributed by atoms with E-state index in [2.05, 4.69) is 5.16 Å². The molecule has 1 aromatic heterocycles. The van der Waals surface area contributed by atoms with Crippen LogP contribution in [0.4, 0.5) is 11.5 Å². The molecule has 1 fully saturated rings. The number of benzene rings is 2. The average Bonchev–Trinajstić information content (AvgIpc) is 3.38. The van der Waals surface area contributed by atoms with Crippen molar-refractivity contribution in [2.75, 3.05) is 19.1 Å². The topological polar surface area (TPSA) is 145 Å². The largest absolute Gasteiger partial charge is 0.507 e. The molecule has 1 saturated heterocycles. The van der Waals surface area contributed by atoms with E-state index in [1.807, 2.05) is 0 Å². The number of aliphatic hydroxyl groups is 1. The van der Waals surface area contributed by atoms with Crippen LogP contribution in [0.5, 0.6) is 11.5 Å². The van der Waals surface area contributed by atoms with Crippen LogP contribution in [-0.4, -0.2) is 41.1 Å². The second-order valence-electron chi connectivity index (χ2n) is 7.39. The number of aromatic nitrogens is 1. The lowest BCUT2D eigenvalue weighted by Gasteiger charge is -2.22. The molecule has 0 radical (unpaired) electrons. The number of hydrogen-bond donors (Lipinski definition) is 1. The molecule has 11 nitrogen and oxygen atoms in total. The molecule has 2 aromatic carbocycles. The van der Waals surface area contributed by atoms with Crippen LogP contribution in [0.1, 0.15) is 22.9 Å². The van der Waals surface area contributed by atoms with Crippen LogP contribution in [0, 0.1) is 17.0 Å². The summed E-state index contributed by atoms with van der Waals surface area (Å²) in [5.41, 5.74) is -0.0950. The van der Waals surface area contributed by atoms with Crippen molar-refractivity contribution in [3.8, 4) is 11.5 Å². The van der Waals surface area contributed by atoms with E-state index in [1.165, 1.54) is 62.8 Å². The van der Waals surface area contributed by atoms with Gasteiger partial charge in [0.05, 0.1) is 30.8 Å². The van der Waals surface area contributed by atoms with Gasteiger partial charge in [0.1, 0.15) is 11.5 Å². The van der Waals surface area contributed by atoms with Crippen LogP contribution in [0.15, 0.2) is 58.6 Å². The Kier molecular flexibility index (Phi) is 5.76. The van der Waals surface area contributed by atoms with E-state index >= 15 is 0 Å². The maximum Gasteiger partial charge on any atom is 0.301 e. The van der Waals surface area contributed by atoms with Crippen LogP contribution >= 0.6 is 0 Å². The number of methoxy groups -OCH3 is 2. The van der Waals surface area contributed by atoms with E-state index < -0.39 is 28.4 Å². The normalized spacial score (nSPS) is 17.1. The monoisotopic (exact) mass is 465 g/mol. The van der Waals surface area contributed by atoms with Crippen LogP contribution in [0.25, 0.3) is 5.76 Å². The summed E-state index contributed by atoms with van der Waals surface area (Å²) in [4.78, 5) is 38.0. The minimum Gasteiger partial charge on any atom is -0.507 e. The third-order valence-corrected chi connectivity index (χ3v) is 5.36. The summed E-state index contributed by atoms with van der Waals surface area (Å²) >= 11 is 0. The molecule has 1 amide bonds. The molecule has 11 heteroatoms. The van der Waals surface area contributed by atoms with Gasteiger partial charge < -0.3 is 19.1 Å². The zero-order valence-corrected chi connectivity index (χ0v) is 18.3. The van der Waals surface area contributed by atoms with Crippen molar-refractivity contribution in [1.82, 2.24) is 5.16 Å². The van der Waals surface area contributed by atoms with Gasteiger partial charge in [-0.2, -0.15) is 0 Å². The van der Waals surface area contributed by atoms with Gasteiger partial charge in [-0.25, -0.2) is 0 Å². The molecule has 1 N–H and O–H groups in total. The SMILES string of the molecule is COc1ccc(C(O)=C2C(=O)C(=O)N(c3cc(C)on3)[C@H]2c2cccc([N+](=O)[O-])c2)cc1OC. The highest BCUT2D eigenvalue weighted by molar-refractivity contribution is 6.51. The predicted octanol–water partition coefficient (Wildman–Crippen LogP) is 3.53.